The van der Waals surface area contributed by atoms with Gasteiger partial charge in [-0.05, 0) is 29.4 Å². The van der Waals surface area contributed by atoms with Gasteiger partial charge < -0.3 is 5.32 Å². The topological polar surface area (TPSA) is 29.1 Å². The molecule has 1 amide bonds. The summed E-state index contributed by atoms with van der Waals surface area (Å²) in [6.45, 7) is 0.683. The molecule has 0 aliphatic heterocycles. The average molecular weight is 400 g/mol. The summed E-state index contributed by atoms with van der Waals surface area (Å²) in [5.41, 5.74) is 0.441. The Hall–Kier alpha value is -0.000000000000000111. The molecule has 0 radical (unpaired) electrons. The van der Waals surface area contributed by atoms with Gasteiger partial charge in [-0.1, -0.05) is 64.7 Å². The number of hydrogen-bond donors (Lipinski definition) is 1. The predicted octanol–water partition coefficient (Wildman–Crippen LogP) is 4.72. The van der Waals surface area contributed by atoms with Gasteiger partial charge in [0.25, 0.3) is 5.91 Å². The fourth-order valence-electron chi connectivity index (χ4n) is 1.55. The molecule has 0 fully saturated rings. The number of halogens is 3. The van der Waals surface area contributed by atoms with Gasteiger partial charge in [0.15, 0.2) is 0 Å². The van der Waals surface area contributed by atoms with E-state index in [2.05, 4.69) is 27.9 Å². The minimum atomic E-state index is -0.156. The van der Waals surface area contributed by atoms with Gasteiger partial charge in [-0.2, -0.15) is 0 Å². The van der Waals surface area contributed by atoms with Crippen molar-refractivity contribution < 1.29 is 4.79 Å². The fraction of sp³-hybridized carbons (Fsp3) is 0.462. The molecule has 2 nitrogen and oxygen atoms in total. The molecular weight excluding hydrogens is 384 g/mol. The van der Waals surface area contributed by atoms with E-state index < -0.39 is 0 Å². The van der Waals surface area contributed by atoms with Crippen molar-refractivity contribution in [1.29, 1.82) is 0 Å². The van der Waals surface area contributed by atoms with E-state index >= 15 is 0 Å². The van der Waals surface area contributed by atoms with Crippen molar-refractivity contribution in [2.75, 3.05) is 11.0 Å². The van der Waals surface area contributed by atoms with Crippen molar-refractivity contribution in [3.8, 4) is 0 Å². The molecular formula is C13H16Cl2INO. The van der Waals surface area contributed by atoms with Gasteiger partial charge in [0.05, 0.1) is 15.6 Å². The molecule has 1 rings (SSSR count). The number of nitrogens with one attached hydrogen (secondary N) is 1. The molecule has 1 aromatic carbocycles. The van der Waals surface area contributed by atoms with Crippen LogP contribution in [0.5, 0.6) is 0 Å². The number of benzene rings is 1. The lowest BCUT2D eigenvalue weighted by atomic mass is 10.2. The first kappa shape index (κ1) is 16.1. The molecule has 0 unspecified atom stereocenters. The Balaban J connectivity index is 2.35. The van der Waals surface area contributed by atoms with Crippen LogP contribution in [0.1, 0.15) is 36.0 Å². The Labute approximate surface area is 132 Å². The van der Waals surface area contributed by atoms with Crippen LogP contribution in [0.4, 0.5) is 0 Å². The molecule has 1 aromatic rings. The van der Waals surface area contributed by atoms with E-state index in [9.17, 15) is 4.79 Å². The second-order valence-electron chi connectivity index (χ2n) is 3.96. The molecule has 0 saturated carbocycles. The van der Waals surface area contributed by atoms with Gasteiger partial charge in [-0.25, -0.2) is 0 Å². The summed E-state index contributed by atoms with van der Waals surface area (Å²) in [5, 5.41) is 3.59. The van der Waals surface area contributed by atoms with Gasteiger partial charge in [0, 0.05) is 6.54 Å². The Morgan fingerprint density at radius 2 is 1.89 bits per heavy atom. The standard InChI is InChI=1S/C13H16Cl2INO/c14-11-7-5-6-10(12(11)15)13(18)17-9-4-2-1-3-8-16/h5-7H,1-4,8-9H2,(H,17,18). The van der Waals surface area contributed by atoms with Gasteiger partial charge in [0.1, 0.15) is 0 Å². The number of hydrogen-bond acceptors (Lipinski definition) is 1. The lowest BCUT2D eigenvalue weighted by molar-refractivity contribution is 0.0953. The Morgan fingerprint density at radius 3 is 2.61 bits per heavy atom. The zero-order valence-corrected chi connectivity index (χ0v) is 13.7. The lowest BCUT2D eigenvalue weighted by Crippen LogP contribution is -2.24. The van der Waals surface area contributed by atoms with Crippen LogP contribution >= 0.6 is 45.8 Å². The van der Waals surface area contributed by atoms with Crippen LogP contribution in [0, 0.1) is 0 Å². The van der Waals surface area contributed by atoms with Crippen molar-refractivity contribution in [3.05, 3.63) is 33.8 Å². The maximum atomic E-state index is 11.9. The number of amides is 1. The minimum Gasteiger partial charge on any atom is -0.352 e. The van der Waals surface area contributed by atoms with Crippen molar-refractivity contribution in [2.24, 2.45) is 0 Å². The number of carbonyl (C=O) groups excluding carboxylic acids is 1. The highest BCUT2D eigenvalue weighted by atomic mass is 127. The monoisotopic (exact) mass is 399 g/mol. The molecule has 100 valence electrons. The highest BCUT2D eigenvalue weighted by Gasteiger charge is 2.11. The van der Waals surface area contributed by atoms with Crippen molar-refractivity contribution in [2.45, 2.75) is 25.7 Å². The fourth-order valence-corrected chi connectivity index (χ4v) is 2.48. The van der Waals surface area contributed by atoms with Crippen LogP contribution in [0.25, 0.3) is 0 Å². The van der Waals surface area contributed by atoms with Crippen LogP contribution in [-0.4, -0.2) is 16.9 Å². The highest BCUT2D eigenvalue weighted by Crippen LogP contribution is 2.25. The molecule has 5 heteroatoms. The van der Waals surface area contributed by atoms with Crippen LogP contribution in [0.3, 0.4) is 0 Å². The van der Waals surface area contributed by atoms with E-state index in [1.807, 2.05) is 0 Å². The third-order valence-electron chi connectivity index (χ3n) is 2.54. The Morgan fingerprint density at radius 1 is 1.17 bits per heavy atom. The normalized spacial score (nSPS) is 10.4. The molecule has 0 spiro atoms. The van der Waals surface area contributed by atoms with Gasteiger partial charge in [0.2, 0.25) is 0 Å². The Bertz CT molecular complexity index is 399. The summed E-state index contributed by atoms with van der Waals surface area (Å²) in [6, 6.07) is 5.08. The SMILES string of the molecule is O=C(NCCCCCCI)c1cccc(Cl)c1Cl. The summed E-state index contributed by atoms with van der Waals surface area (Å²) in [6.07, 6.45) is 4.61. The summed E-state index contributed by atoms with van der Waals surface area (Å²) < 4.78 is 1.20. The number of carbonyl (C=O) groups is 1. The maximum Gasteiger partial charge on any atom is 0.252 e. The maximum absolute atomic E-state index is 11.9. The molecule has 0 heterocycles. The molecule has 0 aromatic heterocycles. The molecule has 0 aliphatic carbocycles. The molecule has 0 aliphatic rings. The first-order valence-electron chi connectivity index (χ1n) is 5.95. The van der Waals surface area contributed by atoms with Crippen LogP contribution in [-0.2, 0) is 0 Å². The average Bonchev–Trinajstić information content (AvgIpc) is 2.36. The Kier molecular flexibility index (Phi) is 8.02. The van der Waals surface area contributed by atoms with E-state index in [1.54, 1.807) is 18.2 Å². The van der Waals surface area contributed by atoms with Crippen molar-refractivity contribution in [3.63, 3.8) is 0 Å². The zero-order valence-electron chi connectivity index (χ0n) is 10.0. The highest BCUT2D eigenvalue weighted by molar-refractivity contribution is 14.1. The smallest absolute Gasteiger partial charge is 0.252 e. The minimum absolute atomic E-state index is 0.156. The largest absolute Gasteiger partial charge is 0.352 e. The van der Waals surface area contributed by atoms with E-state index in [0.29, 0.717) is 22.2 Å². The van der Waals surface area contributed by atoms with Crippen LogP contribution in [0.15, 0.2) is 18.2 Å². The van der Waals surface area contributed by atoms with E-state index in [4.69, 9.17) is 23.2 Å². The molecule has 18 heavy (non-hydrogen) atoms. The van der Waals surface area contributed by atoms with Gasteiger partial charge >= 0.3 is 0 Å². The van der Waals surface area contributed by atoms with Crippen LogP contribution < -0.4 is 5.32 Å². The molecule has 1 N–H and O–H groups in total. The van der Waals surface area contributed by atoms with Crippen LogP contribution in [0.2, 0.25) is 10.0 Å². The molecule has 0 saturated heterocycles. The molecule has 0 atom stereocenters. The summed E-state index contributed by atoms with van der Waals surface area (Å²) in [5.74, 6) is -0.156. The first-order valence-corrected chi connectivity index (χ1v) is 8.23. The third kappa shape index (κ3) is 5.33. The number of unbranched alkanes of at least 4 members (excludes halogenated alkanes) is 3. The quantitative estimate of drug-likeness (QED) is 0.401. The zero-order chi connectivity index (χ0) is 13.4. The van der Waals surface area contributed by atoms with Crippen molar-refractivity contribution >= 4 is 51.7 Å². The summed E-state index contributed by atoms with van der Waals surface area (Å²) >= 11 is 14.2. The third-order valence-corrected chi connectivity index (χ3v) is 4.12. The number of alkyl halides is 1. The summed E-state index contributed by atoms with van der Waals surface area (Å²) in [4.78, 5) is 11.9. The van der Waals surface area contributed by atoms with Gasteiger partial charge in [-0.15, -0.1) is 0 Å². The van der Waals surface area contributed by atoms with E-state index in [-0.39, 0.29) is 5.91 Å². The molecule has 0 bridgehead atoms. The van der Waals surface area contributed by atoms with Gasteiger partial charge in [-0.3, -0.25) is 4.79 Å². The second-order valence-corrected chi connectivity index (χ2v) is 5.82. The number of rotatable bonds is 7. The second kappa shape index (κ2) is 8.99. The lowest BCUT2D eigenvalue weighted by Gasteiger charge is -2.07. The predicted molar refractivity (Wildman–Crippen MR) is 86.2 cm³/mol. The first-order chi connectivity index (χ1) is 8.66. The van der Waals surface area contributed by atoms with E-state index in [1.165, 1.54) is 17.3 Å². The van der Waals surface area contributed by atoms with Crippen molar-refractivity contribution in [1.82, 2.24) is 5.32 Å². The van der Waals surface area contributed by atoms with E-state index in [0.717, 1.165) is 12.8 Å². The summed E-state index contributed by atoms with van der Waals surface area (Å²) in [7, 11) is 0.